The molecule has 0 heterocycles. The number of halogens is 2. The zero-order chi connectivity index (χ0) is 16.1. The first kappa shape index (κ1) is 17.9. The van der Waals surface area contributed by atoms with Crippen LogP contribution in [0.2, 0.25) is 0 Å². The molecule has 0 saturated carbocycles. The van der Waals surface area contributed by atoms with Crippen molar-refractivity contribution in [3.8, 4) is 11.1 Å². The summed E-state index contributed by atoms with van der Waals surface area (Å²) in [6.07, 6.45) is 1.10. The van der Waals surface area contributed by atoms with Crippen LogP contribution in [0.4, 0.5) is 0 Å². The van der Waals surface area contributed by atoms with Crippen molar-refractivity contribution in [3.05, 3.63) is 65.2 Å². The molecule has 0 aliphatic rings. The molecule has 0 aliphatic heterocycles. The van der Waals surface area contributed by atoms with Crippen LogP contribution >= 0.6 is 17.0 Å². The molecular formula is C19H19Cl2Zr-. The minimum absolute atomic E-state index is 0.826. The standard InChI is InChI=1S/C19H19.2ClH.Zr/c1-4-15-11-16-6-5-7-18(19(16)12-15)17-9-8-13(2)10-14(17)3;;;/h5-12H,4H2,1-3H3;2*1H;/q-1;;;+2/p-2. The van der Waals surface area contributed by atoms with Gasteiger partial charge in [-0.15, -0.1) is 34.5 Å². The number of benzene rings is 2. The molecule has 3 rings (SSSR count). The molecule has 3 heteroatoms. The monoisotopic (exact) mass is 407 g/mol. The van der Waals surface area contributed by atoms with Crippen molar-refractivity contribution in [3.63, 3.8) is 0 Å². The number of aryl methyl sites for hydroxylation is 3. The summed E-state index contributed by atoms with van der Waals surface area (Å²) in [6, 6.07) is 18.0. The second-order valence-electron chi connectivity index (χ2n) is 5.42. The molecule has 0 bridgehead atoms. The predicted molar refractivity (Wildman–Crippen MR) is 95.5 cm³/mol. The van der Waals surface area contributed by atoms with Gasteiger partial charge in [0.15, 0.2) is 0 Å². The van der Waals surface area contributed by atoms with E-state index in [1.165, 1.54) is 38.6 Å². The zero-order valence-electron chi connectivity index (χ0n) is 13.1. The molecule has 0 nitrogen and oxygen atoms in total. The third-order valence-electron chi connectivity index (χ3n) is 3.89. The Bertz CT molecular complexity index is 759. The Balaban J connectivity index is 0.000000545. The third-order valence-corrected chi connectivity index (χ3v) is 3.89. The van der Waals surface area contributed by atoms with Crippen molar-refractivity contribution >= 4 is 27.8 Å². The Kier molecular flexibility index (Phi) is 6.81. The molecule has 0 aliphatic carbocycles. The summed E-state index contributed by atoms with van der Waals surface area (Å²) < 4.78 is 0. The van der Waals surface area contributed by atoms with Crippen LogP contribution in [-0.4, -0.2) is 0 Å². The Labute approximate surface area is 151 Å². The van der Waals surface area contributed by atoms with Crippen LogP contribution in [0.25, 0.3) is 21.9 Å². The first-order valence-corrected chi connectivity index (χ1v) is 13.7. The quantitative estimate of drug-likeness (QED) is 0.409. The van der Waals surface area contributed by atoms with Crippen LogP contribution < -0.4 is 0 Å². The van der Waals surface area contributed by atoms with Crippen LogP contribution in [0.5, 0.6) is 0 Å². The van der Waals surface area contributed by atoms with Crippen molar-refractivity contribution in [2.75, 3.05) is 0 Å². The van der Waals surface area contributed by atoms with Gasteiger partial charge in [0.2, 0.25) is 0 Å². The van der Waals surface area contributed by atoms with E-state index in [4.69, 9.17) is 17.0 Å². The van der Waals surface area contributed by atoms with Crippen molar-refractivity contribution in [1.29, 1.82) is 0 Å². The molecule has 22 heavy (non-hydrogen) atoms. The van der Waals surface area contributed by atoms with Crippen LogP contribution in [0.1, 0.15) is 23.6 Å². The average molecular weight is 409 g/mol. The molecule has 0 amide bonds. The Morgan fingerprint density at radius 2 is 1.73 bits per heavy atom. The van der Waals surface area contributed by atoms with E-state index >= 15 is 0 Å². The second kappa shape index (κ2) is 8.39. The van der Waals surface area contributed by atoms with Crippen LogP contribution in [-0.2, 0) is 27.3 Å². The summed E-state index contributed by atoms with van der Waals surface area (Å²) in [4.78, 5) is 0. The Hall–Kier alpha value is -0.487. The molecular weight excluding hydrogens is 390 g/mol. The van der Waals surface area contributed by atoms with Gasteiger partial charge >= 0.3 is 37.9 Å². The summed E-state index contributed by atoms with van der Waals surface area (Å²) in [5.41, 5.74) is 6.81. The fourth-order valence-electron chi connectivity index (χ4n) is 2.85. The first-order chi connectivity index (χ1) is 10.6. The third kappa shape index (κ3) is 4.07. The maximum atomic E-state index is 4.93. The Morgan fingerprint density at radius 3 is 2.36 bits per heavy atom. The van der Waals surface area contributed by atoms with Gasteiger partial charge in [0.05, 0.1) is 0 Å². The fourth-order valence-corrected chi connectivity index (χ4v) is 2.85. The van der Waals surface area contributed by atoms with Gasteiger partial charge in [-0.05, 0) is 31.4 Å². The van der Waals surface area contributed by atoms with Crippen LogP contribution in [0, 0.1) is 13.8 Å². The van der Waals surface area contributed by atoms with Crippen molar-refractivity contribution in [2.24, 2.45) is 0 Å². The van der Waals surface area contributed by atoms with E-state index in [0.29, 0.717) is 0 Å². The number of rotatable bonds is 2. The molecule has 3 aromatic rings. The second-order valence-corrected chi connectivity index (χ2v) is 9.15. The van der Waals surface area contributed by atoms with Gasteiger partial charge in [0.25, 0.3) is 0 Å². The molecule has 0 radical (unpaired) electrons. The average Bonchev–Trinajstić information content (AvgIpc) is 2.91. The molecule has 0 aromatic heterocycles. The molecule has 0 N–H and O–H groups in total. The summed E-state index contributed by atoms with van der Waals surface area (Å²) in [6.45, 7) is 6.56. The molecule has 0 saturated heterocycles. The maximum absolute atomic E-state index is 4.93. The number of hydrogen-bond acceptors (Lipinski definition) is 0. The van der Waals surface area contributed by atoms with Gasteiger partial charge in [-0.25, -0.2) is 0 Å². The van der Waals surface area contributed by atoms with E-state index in [0.717, 1.165) is 6.42 Å². The van der Waals surface area contributed by atoms with E-state index in [1.54, 1.807) is 0 Å². The van der Waals surface area contributed by atoms with Gasteiger partial charge in [-0.1, -0.05) is 42.3 Å². The first-order valence-electron chi connectivity index (χ1n) is 7.33. The van der Waals surface area contributed by atoms with Gasteiger partial charge in [0, 0.05) is 0 Å². The number of fused-ring (bicyclic) bond motifs is 1. The zero-order valence-corrected chi connectivity index (χ0v) is 17.1. The van der Waals surface area contributed by atoms with Gasteiger partial charge in [-0.2, -0.15) is 6.07 Å². The molecule has 0 fully saturated rings. The van der Waals surface area contributed by atoms with Gasteiger partial charge < -0.3 is 0 Å². The van der Waals surface area contributed by atoms with E-state index in [1.807, 2.05) is 0 Å². The molecule has 3 aromatic carbocycles. The number of hydrogen-bond donors (Lipinski definition) is 0. The molecule has 114 valence electrons. The SMILES string of the molecule is CCc1cc2c(-c3ccc(C)cc3C)cccc2[cH-]1.[Cl][Zr][Cl]. The molecule has 0 atom stereocenters. The van der Waals surface area contributed by atoms with E-state index in [-0.39, 0.29) is 0 Å². The normalized spacial score (nSPS) is 10.2. The summed E-state index contributed by atoms with van der Waals surface area (Å²) >= 11 is -0.826. The molecule has 0 spiro atoms. The van der Waals surface area contributed by atoms with Gasteiger partial charge in [0.1, 0.15) is 0 Å². The topological polar surface area (TPSA) is 0 Å². The van der Waals surface area contributed by atoms with Crippen LogP contribution in [0.15, 0.2) is 48.5 Å². The van der Waals surface area contributed by atoms with Crippen molar-refractivity contribution in [1.82, 2.24) is 0 Å². The predicted octanol–water partition coefficient (Wildman–Crippen LogP) is 6.78. The summed E-state index contributed by atoms with van der Waals surface area (Å²) in [7, 11) is 9.87. The minimum atomic E-state index is -0.826. The summed E-state index contributed by atoms with van der Waals surface area (Å²) in [5.74, 6) is 0. The van der Waals surface area contributed by atoms with E-state index in [9.17, 15) is 0 Å². The Morgan fingerprint density at radius 1 is 1.00 bits per heavy atom. The van der Waals surface area contributed by atoms with Crippen LogP contribution in [0.3, 0.4) is 0 Å². The molecule has 0 unspecified atom stereocenters. The van der Waals surface area contributed by atoms with Gasteiger partial charge in [-0.3, -0.25) is 0 Å². The van der Waals surface area contributed by atoms with Crippen molar-refractivity contribution in [2.45, 2.75) is 27.2 Å². The van der Waals surface area contributed by atoms with Crippen molar-refractivity contribution < 1.29 is 20.8 Å². The van der Waals surface area contributed by atoms with E-state index in [2.05, 4.69) is 69.3 Å². The van der Waals surface area contributed by atoms with E-state index < -0.39 is 20.8 Å². The summed E-state index contributed by atoms with van der Waals surface area (Å²) in [5, 5.41) is 2.74. The fraction of sp³-hybridized carbons (Fsp3) is 0.211.